The Hall–Kier alpha value is -3.27. The van der Waals surface area contributed by atoms with Crippen LogP contribution in [-0.2, 0) is 32.8 Å². The molecule has 0 radical (unpaired) electrons. The third-order valence-corrected chi connectivity index (χ3v) is 9.61. The molecule has 3 aromatic carbocycles. The molecule has 8 nitrogen and oxygen atoms in total. The van der Waals surface area contributed by atoms with Gasteiger partial charge in [0, 0.05) is 12.6 Å². The fraction of sp³-hybridized carbons (Fsp3) is 0.394. The first-order valence-electron chi connectivity index (χ1n) is 14.8. The van der Waals surface area contributed by atoms with Gasteiger partial charge in [0.25, 0.3) is 0 Å². The van der Waals surface area contributed by atoms with Crippen LogP contribution in [0.1, 0.15) is 56.6 Å². The largest absolute Gasteiger partial charge is 0.489 e. The van der Waals surface area contributed by atoms with Gasteiger partial charge in [0.15, 0.2) is 0 Å². The summed E-state index contributed by atoms with van der Waals surface area (Å²) < 4.78 is 32.8. The van der Waals surface area contributed by atoms with Crippen molar-refractivity contribution >= 4 is 50.7 Å². The van der Waals surface area contributed by atoms with E-state index in [4.69, 9.17) is 27.9 Å². The minimum atomic E-state index is -3.87. The third-order valence-electron chi connectivity index (χ3n) is 7.73. The first-order valence-corrected chi connectivity index (χ1v) is 17.4. The van der Waals surface area contributed by atoms with Gasteiger partial charge in [0.2, 0.25) is 21.8 Å². The van der Waals surface area contributed by atoms with E-state index >= 15 is 0 Å². The Kier molecular flexibility index (Phi) is 11.9. The molecule has 0 saturated heterocycles. The number of halogens is 2. The van der Waals surface area contributed by atoms with Crippen molar-refractivity contribution in [2.24, 2.45) is 0 Å². The molecule has 1 unspecified atom stereocenters. The molecule has 1 saturated carbocycles. The SMILES string of the molecule is CCC(C(=O)NC1CCCCC1)N(Cc1ccc(Cl)c(Cl)c1)C(=O)CN(c1ccc(OCc2ccccc2)cc1)S(C)(=O)=O. The van der Waals surface area contributed by atoms with Crippen molar-refractivity contribution in [1.29, 1.82) is 0 Å². The van der Waals surface area contributed by atoms with E-state index in [0.29, 0.717) is 40.1 Å². The average Bonchev–Trinajstić information content (AvgIpc) is 3.01. The number of nitrogens with zero attached hydrogens (tertiary/aromatic N) is 2. The summed E-state index contributed by atoms with van der Waals surface area (Å²) in [5.74, 6) is -0.209. The van der Waals surface area contributed by atoms with Gasteiger partial charge in [-0.2, -0.15) is 0 Å². The molecule has 44 heavy (non-hydrogen) atoms. The number of sulfonamides is 1. The lowest BCUT2D eigenvalue weighted by atomic mass is 9.95. The molecule has 1 fully saturated rings. The first kappa shape index (κ1) is 33.6. The number of carbonyl (C=O) groups excluding carboxylic acids is 2. The Bertz CT molecular complexity index is 1510. The lowest BCUT2D eigenvalue weighted by molar-refractivity contribution is -0.140. The van der Waals surface area contributed by atoms with Crippen molar-refractivity contribution in [2.45, 2.75) is 70.7 Å². The highest BCUT2D eigenvalue weighted by Gasteiger charge is 2.33. The Labute approximate surface area is 270 Å². The lowest BCUT2D eigenvalue weighted by Crippen LogP contribution is -2.53. The number of ether oxygens (including phenoxy) is 1. The Morgan fingerprint density at radius 3 is 2.23 bits per heavy atom. The van der Waals surface area contributed by atoms with E-state index in [-0.39, 0.29) is 18.5 Å². The normalized spacial score (nSPS) is 14.5. The second-order valence-corrected chi connectivity index (χ2v) is 13.8. The number of amides is 2. The fourth-order valence-corrected chi connectivity index (χ4v) is 6.53. The summed E-state index contributed by atoms with van der Waals surface area (Å²) in [7, 11) is -3.87. The van der Waals surface area contributed by atoms with Crippen LogP contribution in [0.25, 0.3) is 0 Å². The highest BCUT2D eigenvalue weighted by atomic mass is 35.5. The third kappa shape index (κ3) is 9.36. The minimum Gasteiger partial charge on any atom is -0.489 e. The Balaban J connectivity index is 1.56. The van der Waals surface area contributed by atoms with Gasteiger partial charge in [-0.25, -0.2) is 8.42 Å². The molecule has 0 bridgehead atoms. The fourth-order valence-electron chi connectivity index (χ4n) is 5.36. The van der Waals surface area contributed by atoms with Crippen molar-refractivity contribution < 1.29 is 22.7 Å². The van der Waals surface area contributed by atoms with Gasteiger partial charge in [0.1, 0.15) is 24.9 Å². The van der Waals surface area contributed by atoms with Crippen molar-refractivity contribution in [3.63, 3.8) is 0 Å². The number of carbonyl (C=O) groups is 2. The molecule has 4 rings (SSSR count). The van der Waals surface area contributed by atoms with Crippen LogP contribution < -0.4 is 14.4 Å². The zero-order valence-electron chi connectivity index (χ0n) is 25.0. The molecule has 1 aliphatic rings. The van der Waals surface area contributed by atoms with E-state index < -0.39 is 28.5 Å². The number of hydrogen-bond acceptors (Lipinski definition) is 5. The number of rotatable bonds is 13. The van der Waals surface area contributed by atoms with E-state index in [9.17, 15) is 18.0 Å². The Morgan fingerprint density at radius 2 is 1.61 bits per heavy atom. The molecule has 0 heterocycles. The average molecular weight is 661 g/mol. The molecule has 1 N–H and O–H groups in total. The molecule has 0 spiro atoms. The quantitative estimate of drug-likeness (QED) is 0.223. The van der Waals surface area contributed by atoms with Gasteiger partial charge in [-0.1, -0.05) is 85.8 Å². The summed E-state index contributed by atoms with van der Waals surface area (Å²) in [4.78, 5) is 29.0. The summed E-state index contributed by atoms with van der Waals surface area (Å²) in [6.07, 6.45) is 6.44. The second kappa shape index (κ2) is 15.6. The van der Waals surface area contributed by atoms with Crippen molar-refractivity contribution in [3.8, 4) is 5.75 Å². The zero-order valence-corrected chi connectivity index (χ0v) is 27.4. The smallest absolute Gasteiger partial charge is 0.244 e. The van der Waals surface area contributed by atoms with E-state index in [1.165, 1.54) is 4.90 Å². The maximum Gasteiger partial charge on any atom is 0.244 e. The van der Waals surface area contributed by atoms with Crippen LogP contribution in [0.2, 0.25) is 10.0 Å². The maximum absolute atomic E-state index is 14.0. The van der Waals surface area contributed by atoms with Crippen molar-refractivity contribution in [3.05, 3.63) is 94.0 Å². The molecule has 1 aliphatic carbocycles. The van der Waals surface area contributed by atoms with Gasteiger partial charge < -0.3 is 15.0 Å². The van der Waals surface area contributed by atoms with Crippen LogP contribution >= 0.6 is 23.2 Å². The highest BCUT2D eigenvalue weighted by molar-refractivity contribution is 7.92. The topological polar surface area (TPSA) is 96.0 Å². The van der Waals surface area contributed by atoms with E-state index in [1.54, 1.807) is 42.5 Å². The summed E-state index contributed by atoms with van der Waals surface area (Å²) in [6, 6.07) is 20.5. The van der Waals surface area contributed by atoms with Crippen LogP contribution in [0.15, 0.2) is 72.8 Å². The van der Waals surface area contributed by atoms with Crippen LogP contribution in [-0.4, -0.2) is 50.0 Å². The van der Waals surface area contributed by atoms with Gasteiger partial charge in [-0.3, -0.25) is 13.9 Å². The molecular formula is C33H39Cl2N3O5S. The molecule has 1 atom stereocenters. The van der Waals surface area contributed by atoms with E-state index in [1.807, 2.05) is 37.3 Å². The molecule has 3 aromatic rings. The summed E-state index contributed by atoms with van der Waals surface area (Å²) in [5, 5.41) is 3.82. The van der Waals surface area contributed by atoms with Gasteiger partial charge in [0.05, 0.1) is 22.0 Å². The number of benzene rings is 3. The highest BCUT2D eigenvalue weighted by Crippen LogP contribution is 2.26. The Morgan fingerprint density at radius 1 is 0.932 bits per heavy atom. The molecule has 11 heteroatoms. The molecule has 236 valence electrons. The van der Waals surface area contributed by atoms with Gasteiger partial charge in [-0.05, 0) is 66.8 Å². The molecular weight excluding hydrogens is 621 g/mol. The van der Waals surface area contributed by atoms with E-state index in [2.05, 4.69) is 5.32 Å². The van der Waals surface area contributed by atoms with Crippen molar-refractivity contribution in [2.75, 3.05) is 17.1 Å². The standard InChI is InChI=1S/C33H39Cl2N3O5S/c1-3-31(33(40)36-26-12-8-5-9-13-26)37(21-25-14-19-29(34)30(35)20-25)32(39)22-38(44(2,41)42)27-15-17-28(18-16-27)43-23-24-10-6-4-7-11-24/h4,6-7,10-11,14-20,26,31H,3,5,8-9,12-13,21-23H2,1-2H3,(H,36,40). The van der Waals surface area contributed by atoms with Crippen LogP contribution in [0.5, 0.6) is 5.75 Å². The monoisotopic (exact) mass is 659 g/mol. The van der Waals surface area contributed by atoms with Crippen LogP contribution in [0.3, 0.4) is 0 Å². The predicted molar refractivity (Wildman–Crippen MR) is 176 cm³/mol. The molecule has 0 aromatic heterocycles. The van der Waals surface area contributed by atoms with Crippen LogP contribution in [0, 0.1) is 0 Å². The van der Waals surface area contributed by atoms with Gasteiger partial charge >= 0.3 is 0 Å². The first-order chi connectivity index (χ1) is 21.0. The zero-order chi connectivity index (χ0) is 31.7. The van der Waals surface area contributed by atoms with E-state index in [0.717, 1.165) is 48.2 Å². The number of hydrogen-bond donors (Lipinski definition) is 1. The van der Waals surface area contributed by atoms with Gasteiger partial charge in [-0.15, -0.1) is 0 Å². The second-order valence-electron chi connectivity index (χ2n) is 11.1. The predicted octanol–water partition coefficient (Wildman–Crippen LogP) is 6.59. The van der Waals surface area contributed by atoms with Crippen molar-refractivity contribution in [1.82, 2.24) is 10.2 Å². The summed E-state index contributed by atoms with van der Waals surface area (Å²) in [6.45, 7) is 1.76. The maximum atomic E-state index is 14.0. The number of nitrogens with one attached hydrogen (secondary N) is 1. The lowest BCUT2D eigenvalue weighted by Gasteiger charge is -2.34. The number of anilines is 1. The summed E-state index contributed by atoms with van der Waals surface area (Å²) >= 11 is 12.4. The molecule has 2 amide bonds. The molecule has 0 aliphatic heterocycles. The van der Waals surface area contributed by atoms with Crippen LogP contribution in [0.4, 0.5) is 5.69 Å². The summed E-state index contributed by atoms with van der Waals surface area (Å²) in [5.41, 5.74) is 1.98. The minimum absolute atomic E-state index is 0.0518.